The Morgan fingerprint density at radius 3 is 1.61 bits per heavy atom. The van der Waals surface area contributed by atoms with Crippen molar-refractivity contribution in [1.82, 2.24) is 25.3 Å². The van der Waals surface area contributed by atoms with Crippen LogP contribution in [0.3, 0.4) is 0 Å². The molecular formula is C41H42F2N8O9S2. The molecule has 1 amide bonds. The van der Waals surface area contributed by atoms with Crippen LogP contribution in [0.15, 0.2) is 85.2 Å². The lowest BCUT2D eigenvalue weighted by Gasteiger charge is -2.28. The summed E-state index contributed by atoms with van der Waals surface area (Å²) in [5.74, 6) is -2.84. The molecule has 0 unspecified atom stereocenters. The Bertz CT molecular complexity index is 2820. The van der Waals surface area contributed by atoms with Gasteiger partial charge in [0.15, 0.2) is 34.5 Å². The second-order valence-electron chi connectivity index (χ2n) is 13.9. The molecule has 2 saturated heterocycles. The van der Waals surface area contributed by atoms with Crippen LogP contribution >= 0.6 is 0 Å². The molecule has 5 N–H and O–H groups in total. The summed E-state index contributed by atoms with van der Waals surface area (Å²) in [6, 6.07) is 18.2. The molecule has 326 valence electrons. The summed E-state index contributed by atoms with van der Waals surface area (Å²) in [6.45, 7) is 1.06. The fourth-order valence-electron chi connectivity index (χ4n) is 6.53. The molecule has 0 radical (unpaired) electrons. The third-order valence-electron chi connectivity index (χ3n) is 9.71. The molecule has 0 spiro atoms. The number of nitrogens with two attached hydrogens (primary N) is 1. The van der Waals surface area contributed by atoms with Crippen molar-refractivity contribution >= 4 is 65.4 Å². The highest BCUT2D eigenvalue weighted by Crippen LogP contribution is 2.36. The number of nitrogens with zero attached hydrogens (tertiary/aromatic N) is 6. The zero-order chi connectivity index (χ0) is 44.6. The predicted octanol–water partition coefficient (Wildman–Crippen LogP) is 4.67. The van der Waals surface area contributed by atoms with Gasteiger partial charge in [0.1, 0.15) is 22.7 Å². The maximum Gasteiger partial charge on any atom is 0.360 e. The Morgan fingerprint density at radius 1 is 0.710 bits per heavy atom. The van der Waals surface area contributed by atoms with Gasteiger partial charge in [0.25, 0.3) is 5.91 Å². The van der Waals surface area contributed by atoms with Gasteiger partial charge >= 0.3 is 5.97 Å². The second kappa shape index (κ2) is 19.4. The Balaban J connectivity index is 0.000000176. The molecule has 4 aromatic heterocycles. The number of fused-ring (bicyclic) bond motifs is 2. The third-order valence-corrected chi connectivity index (χ3v) is 13.4. The number of nitrogens with one attached hydrogen (secondary N) is 1. The topological polar surface area (TPSA) is 248 Å². The number of pyridine rings is 4. The number of carbonyl (C=O) groups is 2. The van der Waals surface area contributed by atoms with Crippen LogP contribution in [0, 0.1) is 11.6 Å². The molecular weight excluding hydrogens is 851 g/mol. The molecule has 0 aliphatic carbocycles. The highest BCUT2D eigenvalue weighted by molar-refractivity contribution is 7.93. The van der Waals surface area contributed by atoms with Crippen molar-refractivity contribution in [3.05, 3.63) is 119 Å². The third kappa shape index (κ3) is 10.1. The zero-order valence-electron chi connectivity index (χ0n) is 33.2. The van der Waals surface area contributed by atoms with Crippen LogP contribution in [0.2, 0.25) is 0 Å². The molecule has 17 nitrogen and oxygen atoms in total. The van der Waals surface area contributed by atoms with Gasteiger partial charge in [-0.2, -0.15) is 0 Å². The van der Waals surface area contributed by atoms with Crippen LogP contribution in [0.1, 0.15) is 57.8 Å². The summed E-state index contributed by atoms with van der Waals surface area (Å²) in [5.41, 5.74) is 6.42. The molecule has 2 aliphatic heterocycles. The molecule has 6 heterocycles. The van der Waals surface area contributed by atoms with E-state index in [0.717, 1.165) is 12.7 Å². The number of anilines is 2. The van der Waals surface area contributed by atoms with Crippen LogP contribution in [-0.2, 0) is 37.9 Å². The number of rotatable bonds is 7. The maximum atomic E-state index is 13.0. The van der Waals surface area contributed by atoms with Crippen molar-refractivity contribution in [2.24, 2.45) is 5.73 Å². The fourth-order valence-corrected chi connectivity index (χ4v) is 9.73. The van der Waals surface area contributed by atoms with Crippen LogP contribution in [-0.4, -0.2) is 90.6 Å². The van der Waals surface area contributed by atoms with E-state index in [1.165, 1.54) is 57.4 Å². The first kappa shape index (κ1) is 45.0. The smallest absolute Gasteiger partial charge is 0.360 e. The quantitative estimate of drug-likeness (QED) is 0.159. The number of amides is 1. The molecule has 62 heavy (non-hydrogen) atoms. The van der Waals surface area contributed by atoms with E-state index < -0.39 is 49.2 Å². The van der Waals surface area contributed by atoms with Crippen LogP contribution in [0.5, 0.6) is 11.5 Å². The van der Waals surface area contributed by atoms with Gasteiger partial charge in [0.05, 0.1) is 18.6 Å². The van der Waals surface area contributed by atoms with Gasteiger partial charge in [0.2, 0.25) is 20.0 Å². The lowest BCUT2D eigenvalue weighted by Crippen LogP contribution is -2.39. The molecule has 0 bridgehead atoms. The van der Waals surface area contributed by atoms with E-state index in [1.54, 1.807) is 36.4 Å². The summed E-state index contributed by atoms with van der Waals surface area (Å²) in [6.07, 6.45) is 5.37. The van der Waals surface area contributed by atoms with Gasteiger partial charge in [0, 0.05) is 49.3 Å². The van der Waals surface area contributed by atoms with Crippen molar-refractivity contribution in [1.29, 1.82) is 0 Å². The number of benzene rings is 2. The van der Waals surface area contributed by atoms with Crippen molar-refractivity contribution in [3.63, 3.8) is 0 Å². The average Bonchev–Trinajstić information content (AvgIpc) is 3.27. The van der Waals surface area contributed by atoms with Crippen molar-refractivity contribution in [3.8, 4) is 11.5 Å². The van der Waals surface area contributed by atoms with Crippen LogP contribution in [0.25, 0.3) is 21.8 Å². The predicted molar refractivity (Wildman–Crippen MR) is 226 cm³/mol. The molecule has 2 aliphatic rings. The van der Waals surface area contributed by atoms with E-state index in [4.69, 9.17) is 5.73 Å². The van der Waals surface area contributed by atoms with Crippen LogP contribution in [0.4, 0.5) is 20.4 Å². The number of esters is 1. The first-order valence-corrected chi connectivity index (χ1v) is 22.4. The van der Waals surface area contributed by atoms with Gasteiger partial charge in [-0.05, 0) is 85.3 Å². The first-order chi connectivity index (χ1) is 29.6. The standard InChI is InChI=1S/C20H19FN4O4S.C14H15N3O5S.C7H8FN/c21-14-7-5-13(6-8-14)12-23-20(27)17-18(26)16-15(4-3-9-22-16)19(24-17)25-10-1-2-11-30(25,28)29;1-22-14(19)11-12(18)10-9(5-4-6-15-10)13(16-11)17-7-2-3-8-23(17,20)21;8-7-3-1-6(5-9)2-4-7/h3-9,26H,1-2,10-12H2,(H,23,27);4-6,18H,2-3,7-8H2,1H3;1-4H,5,9H2. The number of halogens is 2. The number of hydrogen-bond acceptors (Lipinski definition) is 14. The number of sulfonamides is 2. The van der Waals surface area contributed by atoms with Crippen molar-refractivity contribution < 1.29 is 50.2 Å². The summed E-state index contributed by atoms with van der Waals surface area (Å²) >= 11 is 0. The Labute approximate surface area is 355 Å². The van der Waals surface area contributed by atoms with Crippen molar-refractivity contribution in [2.45, 2.75) is 38.8 Å². The number of hydrogen-bond donors (Lipinski definition) is 4. The summed E-state index contributed by atoms with van der Waals surface area (Å²) in [7, 11) is -5.95. The zero-order valence-corrected chi connectivity index (χ0v) is 34.9. The van der Waals surface area contributed by atoms with E-state index in [2.05, 4.69) is 30.0 Å². The maximum absolute atomic E-state index is 13.0. The van der Waals surface area contributed by atoms with Gasteiger partial charge in [-0.25, -0.2) is 40.4 Å². The molecule has 2 fully saturated rings. The van der Waals surface area contributed by atoms with Gasteiger partial charge in [-0.1, -0.05) is 24.3 Å². The summed E-state index contributed by atoms with van der Waals surface area (Å²) in [4.78, 5) is 41.0. The van der Waals surface area contributed by atoms with E-state index in [9.17, 15) is 45.4 Å². The first-order valence-electron chi connectivity index (χ1n) is 19.2. The Hall–Kier alpha value is -6.58. The number of ether oxygens (including phenoxy) is 1. The number of methoxy groups -OCH3 is 1. The number of aromatic nitrogens is 4. The van der Waals surface area contributed by atoms with Gasteiger partial charge in [-0.3, -0.25) is 23.4 Å². The number of aromatic hydroxyl groups is 2. The lowest BCUT2D eigenvalue weighted by atomic mass is 10.1. The fraction of sp³-hybridized carbons (Fsp3) is 0.268. The monoisotopic (exact) mass is 892 g/mol. The number of carbonyl (C=O) groups excluding carboxylic acids is 2. The molecule has 0 atom stereocenters. The molecule has 6 aromatic rings. The lowest BCUT2D eigenvalue weighted by molar-refractivity contribution is 0.0590. The minimum atomic E-state index is -3.59. The van der Waals surface area contributed by atoms with E-state index in [0.29, 0.717) is 48.6 Å². The highest BCUT2D eigenvalue weighted by atomic mass is 32.2. The average molecular weight is 893 g/mol. The Kier molecular flexibility index (Phi) is 14.1. The largest absolute Gasteiger partial charge is 0.504 e. The molecule has 21 heteroatoms. The van der Waals surface area contributed by atoms with E-state index >= 15 is 0 Å². The molecule has 2 aromatic carbocycles. The van der Waals surface area contributed by atoms with Crippen molar-refractivity contribution in [2.75, 3.05) is 40.3 Å². The summed E-state index contributed by atoms with van der Waals surface area (Å²) in [5, 5.41) is 24.1. The summed E-state index contributed by atoms with van der Waals surface area (Å²) < 4.78 is 82.1. The van der Waals surface area contributed by atoms with E-state index in [1.807, 2.05) is 0 Å². The normalized spacial score (nSPS) is 15.4. The molecule has 0 saturated carbocycles. The second-order valence-corrected chi connectivity index (χ2v) is 17.9. The minimum Gasteiger partial charge on any atom is -0.504 e. The van der Waals surface area contributed by atoms with Gasteiger partial charge < -0.3 is 26.0 Å². The van der Waals surface area contributed by atoms with Crippen LogP contribution < -0.4 is 19.7 Å². The molecule has 8 rings (SSSR count). The highest BCUT2D eigenvalue weighted by Gasteiger charge is 2.33. The SMILES string of the molecule is COC(=O)c1nc(N2CCCCS2(=O)=O)c2cccnc2c1O.NCc1ccc(F)cc1.O=C(NCc1ccc(F)cc1)c1nc(N2CCCCS2(=O)=O)c2cccnc2c1O. The van der Waals surface area contributed by atoms with Gasteiger partial charge in [-0.15, -0.1) is 0 Å². The minimum absolute atomic E-state index is 0.0105. The Morgan fingerprint density at radius 2 is 1.16 bits per heavy atom. The van der Waals surface area contributed by atoms with E-state index in [-0.39, 0.29) is 71.0 Å².